The second kappa shape index (κ2) is 5.00. The van der Waals surface area contributed by atoms with Crippen LogP contribution in [-0.2, 0) is 0 Å². The van der Waals surface area contributed by atoms with E-state index >= 15 is 0 Å². The molecule has 0 N–H and O–H groups in total. The van der Waals surface area contributed by atoms with E-state index in [0.717, 1.165) is 0 Å². The summed E-state index contributed by atoms with van der Waals surface area (Å²) >= 11 is 0. The van der Waals surface area contributed by atoms with E-state index in [0.29, 0.717) is 16.7 Å². The second-order valence-electron chi connectivity index (χ2n) is 2.55. The maximum Gasteiger partial charge on any atom is 1.00 e. The SMILES string of the molecule is Cc1cc(C#N)cc(C)c1[O-].[K+]. The van der Waals surface area contributed by atoms with Crippen molar-refractivity contribution in [3.05, 3.63) is 28.8 Å². The Morgan fingerprint density at radius 1 is 1.25 bits per heavy atom. The van der Waals surface area contributed by atoms with Crippen molar-refractivity contribution in [3.63, 3.8) is 0 Å². The van der Waals surface area contributed by atoms with Crippen LogP contribution in [0.3, 0.4) is 0 Å². The van der Waals surface area contributed by atoms with Crippen LogP contribution in [0.15, 0.2) is 12.1 Å². The summed E-state index contributed by atoms with van der Waals surface area (Å²) in [6.07, 6.45) is 0. The average molecular weight is 185 g/mol. The van der Waals surface area contributed by atoms with E-state index in [1.165, 1.54) is 0 Å². The van der Waals surface area contributed by atoms with Gasteiger partial charge in [0.15, 0.2) is 0 Å². The van der Waals surface area contributed by atoms with E-state index in [-0.39, 0.29) is 57.1 Å². The van der Waals surface area contributed by atoms with E-state index in [4.69, 9.17) is 5.26 Å². The molecular weight excluding hydrogens is 177 g/mol. The monoisotopic (exact) mass is 185 g/mol. The first-order chi connectivity index (χ1) is 5.15. The van der Waals surface area contributed by atoms with Crippen LogP contribution in [0.5, 0.6) is 5.75 Å². The van der Waals surface area contributed by atoms with Crippen molar-refractivity contribution >= 4 is 0 Å². The molecule has 1 aromatic rings. The molecule has 0 unspecified atom stereocenters. The number of aryl methyl sites for hydroxylation is 2. The predicted octanol–water partition coefficient (Wildman–Crippen LogP) is -1.75. The van der Waals surface area contributed by atoms with Crippen molar-refractivity contribution in [2.75, 3.05) is 0 Å². The molecular formula is C9H8KNO. The van der Waals surface area contributed by atoms with Gasteiger partial charge in [0.2, 0.25) is 0 Å². The fourth-order valence-electron chi connectivity index (χ4n) is 1.01. The number of hydrogen-bond donors (Lipinski definition) is 0. The standard InChI is InChI=1S/C9H9NO.K/c1-6-3-8(5-10)4-7(2)9(6)11;/h3-4,11H,1-2H3;/q;+1/p-1. The smallest absolute Gasteiger partial charge is 0.872 e. The van der Waals surface area contributed by atoms with Crippen molar-refractivity contribution in [3.8, 4) is 11.8 Å². The van der Waals surface area contributed by atoms with Crippen LogP contribution in [-0.4, -0.2) is 0 Å². The van der Waals surface area contributed by atoms with E-state index in [1.54, 1.807) is 26.0 Å². The molecule has 0 fully saturated rings. The van der Waals surface area contributed by atoms with Gasteiger partial charge in [-0.1, -0.05) is 11.1 Å². The molecule has 0 amide bonds. The molecule has 0 saturated heterocycles. The zero-order valence-electron chi connectivity index (χ0n) is 7.51. The minimum absolute atomic E-state index is 0. The summed E-state index contributed by atoms with van der Waals surface area (Å²) in [6.45, 7) is 3.44. The van der Waals surface area contributed by atoms with Gasteiger partial charge in [0.1, 0.15) is 0 Å². The van der Waals surface area contributed by atoms with Gasteiger partial charge in [-0.2, -0.15) is 5.26 Å². The van der Waals surface area contributed by atoms with Gasteiger partial charge in [-0.3, -0.25) is 0 Å². The molecule has 0 heterocycles. The molecule has 0 aliphatic carbocycles. The molecule has 0 aromatic heterocycles. The molecule has 0 bridgehead atoms. The van der Waals surface area contributed by atoms with Crippen LogP contribution in [0.4, 0.5) is 0 Å². The molecule has 0 aliphatic rings. The molecule has 1 rings (SSSR count). The minimum atomic E-state index is 0. The largest absolute Gasteiger partial charge is 1.00 e. The predicted molar refractivity (Wildman–Crippen MR) is 40.1 cm³/mol. The molecule has 12 heavy (non-hydrogen) atoms. The molecule has 0 radical (unpaired) electrons. The summed E-state index contributed by atoms with van der Waals surface area (Å²) in [5, 5.41) is 19.7. The van der Waals surface area contributed by atoms with Crippen molar-refractivity contribution in [2.45, 2.75) is 13.8 Å². The van der Waals surface area contributed by atoms with Crippen molar-refractivity contribution in [1.29, 1.82) is 5.26 Å². The summed E-state index contributed by atoms with van der Waals surface area (Å²) < 4.78 is 0. The van der Waals surface area contributed by atoms with Crippen LogP contribution in [0.25, 0.3) is 0 Å². The zero-order chi connectivity index (χ0) is 8.43. The van der Waals surface area contributed by atoms with Crippen LogP contribution in [0.1, 0.15) is 16.7 Å². The quantitative estimate of drug-likeness (QED) is 0.450. The summed E-state index contributed by atoms with van der Waals surface area (Å²) in [7, 11) is 0. The second-order valence-corrected chi connectivity index (χ2v) is 2.55. The van der Waals surface area contributed by atoms with Gasteiger partial charge in [0.25, 0.3) is 0 Å². The van der Waals surface area contributed by atoms with Crippen LogP contribution < -0.4 is 56.5 Å². The number of hydrogen-bond acceptors (Lipinski definition) is 2. The maximum atomic E-state index is 11.1. The summed E-state index contributed by atoms with van der Waals surface area (Å²) in [6, 6.07) is 5.21. The first-order valence-corrected chi connectivity index (χ1v) is 3.33. The number of nitrogens with zero attached hydrogens (tertiary/aromatic N) is 1. The topological polar surface area (TPSA) is 46.8 Å². The first-order valence-electron chi connectivity index (χ1n) is 3.33. The van der Waals surface area contributed by atoms with E-state index in [9.17, 15) is 5.11 Å². The molecule has 0 spiro atoms. The Labute approximate surface area is 115 Å². The third-order valence-corrected chi connectivity index (χ3v) is 1.59. The van der Waals surface area contributed by atoms with Gasteiger partial charge in [0, 0.05) is 0 Å². The van der Waals surface area contributed by atoms with Crippen LogP contribution in [0, 0.1) is 25.2 Å². The normalized spacial score (nSPS) is 8.42. The van der Waals surface area contributed by atoms with Crippen molar-refractivity contribution < 1.29 is 56.5 Å². The Morgan fingerprint density at radius 2 is 1.67 bits per heavy atom. The fraction of sp³-hybridized carbons (Fsp3) is 0.222. The third kappa shape index (κ3) is 2.58. The van der Waals surface area contributed by atoms with E-state index in [1.807, 2.05) is 6.07 Å². The maximum absolute atomic E-state index is 11.1. The Bertz CT molecular complexity index is 305. The first kappa shape index (κ1) is 12.1. The molecule has 1 aromatic carbocycles. The Morgan fingerprint density at radius 3 is 2.00 bits per heavy atom. The Hall–Kier alpha value is 0.146. The summed E-state index contributed by atoms with van der Waals surface area (Å²) in [5.74, 6) is 0.0315. The minimum Gasteiger partial charge on any atom is -0.872 e. The van der Waals surface area contributed by atoms with Gasteiger partial charge in [-0.05, 0) is 26.0 Å². The third-order valence-electron chi connectivity index (χ3n) is 1.59. The number of rotatable bonds is 0. The van der Waals surface area contributed by atoms with Gasteiger partial charge >= 0.3 is 51.4 Å². The fourth-order valence-corrected chi connectivity index (χ4v) is 1.01. The number of nitriles is 1. The van der Waals surface area contributed by atoms with Crippen molar-refractivity contribution in [2.24, 2.45) is 0 Å². The summed E-state index contributed by atoms with van der Waals surface area (Å²) in [4.78, 5) is 0. The molecule has 56 valence electrons. The molecule has 2 nitrogen and oxygen atoms in total. The van der Waals surface area contributed by atoms with E-state index < -0.39 is 0 Å². The van der Waals surface area contributed by atoms with Gasteiger partial charge in [0.05, 0.1) is 11.6 Å². The molecule has 0 atom stereocenters. The van der Waals surface area contributed by atoms with Gasteiger partial charge < -0.3 is 5.11 Å². The summed E-state index contributed by atoms with van der Waals surface area (Å²) in [5.41, 5.74) is 1.84. The van der Waals surface area contributed by atoms with Gasteiger partial charge in [-0.25, -0.2) is 0 Å². The van der Waals surface area contributed by atoms with E-state index in [2.05, 4.69) is 0 Å². The van der Waals surface area contributed by atoms with Gasteiger partial charge in [-0.15, -0.1) is 5.75 Å². The molecule has 0 saturated carbocycles. The Balaban J connectivity index is 0.00000121. The number of benzene rings is 1. The van der Waals surface area contributed by atoms with Crippen molar-refractivity contribution in [1.82, 2.24) is 0 Å². The van der Waals surface area contributed by atoms with Crippen LogP contribution in [0.2, 0.25) is 0 Å². The van der Waals surface area contributed by atoms with Crippen LogP contribution >= 0.6 is 0 Å². The zero-order valence-corrected chi connectivity index (χ0v) is 10.6. The molecule has 3 heteroatoms. The Kier molecular flexibility index (Phi) is 5.06. The molecule has 0 aliphatic heterocycles. The average Bonchev–Trinajstić information content (AvgIpc) is 1.99.